The Balaban J connectivity index is 1.80. The van der Waals surface area contributed by atoms with Crippen LogP contribution in [0.15, 0.2) is 64.8 Å². The van der Waals surface area contributed by atoms with E-state index in [2.05, 4.69) is 21.2 Å². The van der Waals surface area contributed by atoms with Gasteiger partial charge in [0.25, 0.3) is 11.8 Å². The number of imide groups is 2. The molecule has 2 aromatic carbocycles. The summed E-state index contributed by atoms with van der Waals surface area (Å²) < 4.78 is 2.29. The number of halogens is 1. The highest BCUT2D eigenvalue weighted by molar-refractivity contribution is 9.10. The van der Waals surface area contributed by atoms with Gasteiger partial charge in [0, 0.05) is 27.1 Å². The quantitative estimate of drug-likeness (QED) is 0.452. The van der Waals surface area contributed by atoms with Crippen LogP contribution in [0.3, 0.4) is 0 Å². The first kappa shape index (κ1) is 19.6. The molecule has 0 spiro atoms. The third-order valence-corrected chi connectivity index (χ3v) is 5.14. The number of carboxylic acid groups (broad SMARTS) is 1. The summed E-state index contributed by atoms with van der Waals surface area (Å²) in [6.45, 7) is -0.271. The minimum atomic E-state index is -1.02. The van der Waals surface area contributed by atoms with Gasteiger partial charge < -0.3 is 9.67 Å². The molecule has 4 rings (SSSR count). The van der Waals surface area contributed by atoms with E-state index >= 15 is 0 Å². The second-order valence-electron chi connectivity index (χ2n) is 6.56. The zero-order valence-electron chi connectivity index (χ0n) is 15.3. The van der Waals surface area contributed by atoms with Gasteiger partial charge in [0.1, 0.15) is 12.1 Å². The molecule has 4 amide bonds. The molecule has 1 saturated heterocycles. The van der Waals surface area contributed by atoms with Crippen molar-refractivity contribution in [2.75, 3.05) is 4.90 Å². The number of benzene rings is 2. The Bertz CT molecular complexity index is 1240. The van der Waals surface area contributed by atoms with Crippen LogP contribution in [-0.2, 0) is 20.9 Å². The van der Waals surface area contributed by atoms with Gasteiger partial charge in [0.15, 0.2) is 0 Å². The van der Waals surface area contributed by atoms with Gasteiger partial charge in [0.2, 0.25) is 0 Å². The van der Waals surface area contributed by atoms with Crippen molar-refractivity contribution in [3.8, 4) is 0 Å². The average molecular weight is 468 g/mol. The molecule has 150 valence electrons. The lowest BCUT2D eigenvalue weighted by molar-refractivity contribution is -0.137. The number of fused-ring (bicyclic) bond motifs is 1. The molecule has 1 aromatic heterocycles. The smallest absolute Gasteiger partial charge is 0.335 e. The number of aromatic nitrogens is 1. The van der Waals surface area contributed by atoms with Crippen molar-refractivity contribution in [2.45, 2.75) is 6.54 Å². The zero-order chi connectivity index (χ0) is 21.4. The lowest BCUT2D eigenvalue weighted by Gasteiger charge is -2.26. The van der Waals surface area contributed by atoms with Gasteiger partial charge in [-0.15, -0.1) is 0 Å². The van der Waals surface area contributed by atoms with E-state index in [9.17, 15) is 19.2 Å². The largest absolute Gasteiger partial charge is 0.480 e. The number of hydrogen-bond acceptors (Lipinski definition) is 4. The van der Waals surface area contributed by atoms with E-state index in [0.29, 0.717) is 22.2 Å². The number of hydrogen-bond donors (Lipinski definition) is 2. The number of carboxylic acids is 1. The van der Waals surface area contributed by atoms with Gasteiger partial charge in [-0.1, -0.05) is 34.1 Å². The summed E-state index contributed by atoms with van der Waals surface area (Å²) in [4.78, 5) is 49.8. The Morgan fingerprint density at radius 2 is 1.77 bits per heavy atom. The Morgan fingerprint density at radius 3 is 2.47 bits per heavy atom. The number of barbiturate groups is 1. The Morgan fingerprint density at radius 1 is 1.07 bits per heavy atom. The van der Waals surface area contributed by atoms with Gasteiger partial charge >= 0.3 is 12.0 Å². The van der Waals surface area contributed by atoms with E-state index in [-0.39, 0.29) is 12.1 Å². The van der Waals surface area contributed by atoms with Crippen molar-refractivity contribution in [2.24, 2.45) is 0 Å². The van der Waals surface area contributed by atoms with Crippen LogP contribution < -0.4 is 10.2 Å². The van der Waals surface area contributed by atoms with E-state index in [1.54, 1.807) is 54.7 Å². The number of carbonyl (C=O) groups is 4. The van der Waals surface area contributed by atoms with Crippen molar-refractivity contribution in [3.63, 3.8) is 0 Å². The van der Waals surface area contributed by atoms with Crippen LogP contribution in [-0.4, -0.2) is 33.5 Å². The van der Waals surface area contributed by atoms with Crippen LogP contribution in [0.4, 0.5) is 10.5 Å². The number of para-hydroxylation sites is 1. The molecular formula is C21H14BrN3O5. The molecule has 2 heterocycles. The summed E-state index contributed by atoms with van der Waals surface area (Å²) in [5, 5.41) is 12.0. The molecule has 1 fully saturated rings. The molecule has 0 saturated carbocycles. The molecule has 8 nitrogen and oxygen atoms in total. The van der Waals surface area contributed by atoms with Crippen LogP contribution in [0.5, 0.6) is 0 Å². The maximum atomic E-state index is 13.0. The second-order valence-corrected chi connectivity index (χ2v) is 7.47. The van der Waals surface area contributed by atoms with Crippen LogP contribution >= 0.6 is 15.9 Å². The molecule has 9 heteroatoms. The normalized spacial score (nSPS) is 15.7. The van der Waals surface area contributed by atoms with E-state index in [0.717, 1.165) is 9.37 Å². The molecule has 30 heavy (non-hydrogen) atoms. The monoisotopic (exact) mass is 467 g/mol. The molecule has 0 radical (unpaired) electrons. The van der Waals surface area contributed by atoms with Crippen molar-refractivity contribution in [1.82, 2.24) is 9.88 Å². The first-order valence-corrected chi connectivity index (χ1v) is 9.61. The first-order chi connectivity index (χ1) is 14.3. The molecule has 0 bridgehead atoms. The van der Waals surface area contributed by atoms with Crippen molar-refractivity contribution in [1.29, 1.82) is 0 Å². The summed E-state index contributed by atoms with van der Waals surface area (Å²) >= 11 is 3.29. The molecule has 3 aromatic rings. The molecule has 1 aliphatic rings. The number of aliphatic carboxylic acids is 1. The van der Waals surface area contributed by atoms with Crippen LogP contribution in [0.25, 0.3) is 17.0 Å². The highest BCUT2D eigenvalue weighted by Crippen LogP contribution is 2.27. The molecule has 2 N–H and O–H groups in total. The third-order valence-electron chi connectivity index (χ3n) is 4.61. The average Bonchev–Trinajstić information content (AvgIpc) is 3.03. The minimum absolute atomic E-state index is 0.226. The number of amides is 4. The Labute approximate surface area is 178 Å². The number of anilines is 1. The van der Waals surface area contributed by atoms with E-state index < -0.39 is 23.8 Å². The van der Waals surface area contributed by atoms with Crippen molar-refractivity contribution < 1.29 is 24.3 Å². The predicted molar refractivity (Wildman–Crippen MR) is 113 cm³/mol. The van der Waals surface area contributed by atoms with Crippen molar-refractivity contribution >= 4 is 62.4 Å². The Hall–Kier alpha value is -3.72. The molecular weight excluding hydrogens is 454 g/mol. The number of nitrogens with one attached hydrogen (secondary N) is 1. The van der Waals surface area contributed by atoms with Gasteiger partial charge in [-0.05, 0) is 36.4 Å². The lowest BCUT2D eigenvalue weighted by Crippen LogP contribution is -2.54. The maximum Gasteiger partial charge on any atom is 0.335 e. The fraction of sp³-hybridized carbons (Fsp3) is 0.0476. The number of carbonyl (C=O) groups excluding carboxylic acids is 3. The van der Waals surface area contributed by atoms with Crippen LogP contribution in [0.2, 0.25) is 0 Å². The van der Waals surface area contributed by atoms with E-state index in [1.165, 1.54) is 10.6 Å². The van der Waals surface area contributed by atoms with Crippen molar-refractivity contribution in [3.05, 3.63) is 70.3 Å². The minimum Gasteiger partial charge on any atom is -0.480 e. The topological polar surface area (TPSA) is 109 Å². The fourth-order valence-corrected chi connectivity index (χ4v) is 3.57. The van der Waals surface area contributed by atoms with Gasteiger partial charge in [-0.2, -0.15) is 0 Å². The standard InChI is InChI=1S/C21H14BrN3O5/c22-13-5-7-14(8-6-13)25-20(29)16(19(28)23-21(25)30)9-12-10-24(11-18(26)27)17-4-2-1-3-15(12)17/h1-10H,11H2,(H,26,27)(H,23,28,30). The number of urea groups is 1. The second kappa shape index (κ2) is 7.60. The summed E-state index contributed by atoms with van der Waals surface area (Å²) in [5.74, 6) is -2.59. The van der Waals surface area contributed by atoms with Gasteiger partial charge in [-0.25, -0.2) is 9.69 Å². The summed E-state index contributed by atoms with van der Waals surface area (Å²) in [7, 11) is 0. The highest BCUT2D eigenvalue weighted by atomic mass is 79.9. The van der Waals surface area contributed by atoms with Crippen LogP contribution in [0, 0.1) is 0 Å². The van der Waals surface area contributed by atoms with Gasteiger partial charge in [-0.3, -0.25) is 19.7 Å². The van der Waals surface area contributed by atoms with E-state index in [1.807, 2.05) is 0 Å². The van der Waals surface area contributed by atoms with E-state index in [4.69, 9.17) is 5.11 Å². The SMILES string of the molecule is O=C(O)Cn1cc(C=C2C(=O)NC(=O)N(c3ccc(Br)cc3)C2=O)c2ccccc21. The summed E-state index contributed by atoms with van der Waals surface area (Å²) in [6.07, 6.45) is 2.93. The highest BCUT2D eigenvalue weighted by Gasteiger charge is 2.37. The summed E-state index contributed by atoms with van der Waals surface area (Å²) in [6, 6.07) is 12.7. The summed E-state index contributed by atoms with van der Waals surface area (Å²) in [5.41, 5.74) is 1.23. The first-order valence-electron chi connectivity index (χ1n) is 8.82. The number of rotatable bonds is 4. The zero-order valence-corrected chi connectivity index (χ0v) is 16.9. The van der Waals surface area contributed by atoms with Gasteiger partial charge in [0.05, 0.1) is 5.69 Å². The molecule has 0 unspecified atom stereocenters. The number of nitrogens with zero attached hydrogens (tertiary/aromatic N) is 2. The molecule has 1 aliphatic heterocycles. The maximum absolute atomic E-state index is 13.0. The third kappa shape index (κ3) is 3.50. The molecule has 0 atom stereocenters. The predicted octanol–water partition coefficient (Wildman–Crippen LogP) is 3.15. The van der Waals surface area contributed by atoms with Crippen LogP contribution in [0.1, 0.15) is 5.56 Å². The Kier molecular flexibility index (Phi) is 4.96. The lowest BCUT2D eigenvalue weighted by atomic mass is 10.1. The molecule has 0 aliphatic carbocycles. The fourth-order valence-electron chi connectivity index (χ4n) is 3.30.